The van der Waals surface area contributed by atoms with Gasteiger partial charge in [-0.25, -0.2) is 4.79 Å². The van der Waals surface area contributed by atoms with Crippen molar-refractivity contribution in [2.45, 2.75) is 70.7 Å². The number of hydrogen-bond donors (Lipinski definition) is 9. The van der Waals surface area contributed by atoms with Crippen LogP contribution in [-0.4, -0.2) is 93.6 Å². The zero-order chi connectivity index (χ0) is 30.8. The number of aliphatic hydroxyl groups is 1. The highest BCUT2D eigenvalue weighted by molar-refractivity contribution is 5.90. The summed E-state index contributed by atoms with van der Waals surface area (Å²) < 4.78 is 0. The smallest absolute Gasteiger partial charge is 0.326 e. The molecule has 1 aromatic carbocycles. The van der Waals surface area contributed by atoms with E-state index in [-0.39, 0.29) is 39.2 Å². The molecular weight excluding hydrogens is 556 g/mol. The molecule has 3 amide bonds. The van der Waals surface area contributed by atoms with E-state index in [0.29, 0.717) is 25.9 Å². The number of hydrogen-bond acceptors (Lipinski definition) is 7. The van der Waals surface area contributed by atoms with Crippen molar-refractivity contribution in [1.82, 2.24) is 25.8 Å². The molecule has 0 radical (unpaired) electrons. The number of aromatic amines is 1. The van der Waals surface area contributed by atoms with Crippen LogP contribution in [0.4, 0.5) is 0 Å². The summed E-state index contributed by atoms with van der Waals surface area (Å²) in [4.78, 5) is 54.4. The highest BCUT2D eigenvalue weighted by Gasteiger charge is 2.28. The number of amides is 3. The average Bonchev–Trinajstić information content (AvgIpc) is 3.59. The van der Waals surface area contributed by atoms with Gasteiger partial charge in [0.15, 0.2) is 5.96 Å². The van der Waals surface area contributed by atoms with Gasteiger partial charge < -0.3 is 47.5 Å². The molecule has 14 nitrogen and oxygen atoms in total. The van der Waals surface area contributed by atoms with Crippen LogP contribution in [0.2, 0.25) is 0 Å². The predicted molar refractivity (Wildman–Crippen MR) is 163 cm³/mol. The number of carbonyl (C=O) groups is 4. The van der Waals surface area contributed by atoms with Crippen molar-refractivity contribution in [3.05, 3.63) is 47.7 Å². The van der Waals surface area contributed by atoms with Gasteiger partial charge in [0.25, 0.3) is 0 Å². The number of para-hydroxylation sites is 1. The predicted octanol–water partition coefficient (Wildman–Crippen LogP) is -0.0791. The van der Waals surface area contributed by atoms with E-state index in [4.69, 9.17) is 16.9 Å². The largest absolute Gasteiger partial charge is 0.480 e. The number of guanidine groups is 1. The Morgan fingerprint density at radius 2 is 1.81 bits per heavy atom. The fourth-order valence-corrected chi connectivity index (χ4v) is 4.64. The van der Waals surface area contributed by atoms with Gasteiger partial charge in [-0.3, -0.25) is 19.8 Å². The number of carbonyl (C=O) groups excluding carboxylic acids is 3. The number of H-pyrrole nitrogens is 1. The molecule has 3 rings (SSSR count). The summed E-state index contributed by atoms with van der Waals surface area (Å²) in [5, 5.41) is 35.7. The van der Waals surface area contributed by atoms with Crippen molar-refractivity contribution in [1.29, 1.82) is 5.41 Å². The molecule has 4 unspecified atom stereocenters. The summed E-state index contributed by atoms with van der Waals surface area (Å²) in [6, 6.07) is 4.25. The van der Waals surface area contributed by atoms with E-state index in [1.807, 2.05) is 30.3 Å². The summed E-state index contributed by atoms with van der Waals surface area (Å²) in [6.07, 6.45) is 3.68. The van der Waals surface area contributed by atoms with Crippen LogP contribution in [0, 0.1) is 5.41 Å². The maximum absolute atomic E-state index is 13.0. The SMILES string of the molecule is C.CC(O)C(N)C(=O)NC(CC1=CCN(C(=N)N)C1)C(=O)NCCCCC(=O)NC(Cc1c[nH]c2ccccc12)C(=O)O. The van der Waals surface area contributed by atoms with E-state index >= 15 is 0 Å². The number of nitrogens with one attached hydrogen (secondary N) is 5. The lowest BCUT2D eigenvalue weighted by atomic mass is 10.0. The first-order valence-corrected chi connectivity index (χ1v) is 13.8. The molecule has 0 saturated heterocycles. The number of fused-ring (bicyclic) bond motifs is 1. The van der Waals surface area contributed by atoms with Crippen LogP contribution >= 0.6 is 0 Å². The van der Waals surface area contributed by atoms with Crippen LogP contribution in [0.25, 0.3) is 10.9 Å². The van der Waals surface area contributed by atoms with E-state index in [9.17, 15) is 29.4 Å². The summed E-state index contributed by atoms with van der Waals surface area (Å²) in [6.45, 7) is 2.37. The molecular formula is C29H44N8O6. The molecule has 0 saturated carbocycles. The van der Waals surface area contributed by atoms with Gasteiger partial charge in [0, 0.05) is 49.6 Å². The van der Waals surface area contributed by atoms with Crippen LogP contribution in [0.15, 0.2) is 42.1 Å². The Kier molecular flexibility index (Phi) is 13.2. The second-order valence-electron chi connectivity index (χ2n) is 10.4. The van der Waals surface area contributed by atoms with Crippen LogP contribution in [0.3, 0.4) is 0 Å². The highest BCUT2D eigenvalue weighted by Crippen LogP contribution is 2.19. The quantitative estimate of drug-likeness (QED) is 0.0574. The van der Waals surface area contributed by atoms with Crippen LogP contribution in [0.5, 0.6) is 0 Å². The first-order valence-electron chi connectivity index (χ1n) is 13.8. The lowest BCUT2D eigenvalue weighted by molar-refractivity contribution is -0.141. The van der Waals surface area contributed by atoms with Gasteiger partial charge in [0.2, 0.25) is 17.7 Å². The Morgan fingerprint density at radius 3 is 2.47 bits per heavy atom. The summed E-state index contributed by atoms with van der Waals surface area (Å²) >= 11 is 0. The maximum atomic E-state index is 13.0. The van der Waals surface area contributed by atoms with E-state index in [0.717, 1.165) is 22.0 Å². The van der Waals surface area contributed by atoms with E-state index in [1.54, 1.807) is 11.1 Å². The van der Waals surface area contributed by atoms with Crippen molar-refractivity contribution >= 4 is 40.6 Å². The van der Waals surface area contributed by atoms with Crippen molar-refractivity contribution in [2.75, 3.05) is 19.6 Å². The third-order valence-corrected chi connectivity index (χ3v) is 7.12. The molecule has 0 spiro atoms. The van der Waals surface area contributed by atoms with Gasteiger partial charge >= 0.3 is 5.97 Å². The number of aliphatic carboxylic acids is 1. The fourth-order valence-electron chi connectivity index (χ4n) is 4.64. The van der Waals surface area contributed by atoms with Crippen molar-refractivity contribution in [2.24, 2.45) is 11.5 Å². The Balaban J connectivity index is 0.00000645. The molecule has 1 aliphatic rings. The minimum absolute atomic E-state index is 0. The number of carboxylic acid groups (broad SMARTS) is 1. The number of aromatic nitrogens is 1. The summed E-state index contributed by atoms with van der Waals surface area (Å²) in [5.41, 5.74) is 13.7. The molecule has 0 aliphatic carbocycles. The molecule has 236 valence electrons. The molecule has 1 aromatic heterocycles. The molecule has 4 atom stereocenters. The lowest BCUT2D eigenvalue weighted by Gasteiger charge is -2.23. The molecule has 1 aliphatic heterocycles. The number of carboxylic acids is 1. The number of unbranched alkanes of at least 4 members (excludes halogenated alkanes) is 1. The minimum atomic E-state index is -1.21. The van der Waals surface area contributed by atoms with Gasteiger partial charge in [-0.05, 0) is 37.8 Å². The Bertz CT molecular complexity index is 1320. The maximum Gasteiger partial charge on any atom is 0.326 e. The Morgan fingerprint density at radius 1 is 1.09 bits per heavy atom. The number of aliphatic hydroxyl groups excluding tert-OH is 1. The Labute approximate surface area is 250 Å². The van der Waals surface area contributed by atoms with Crippen molar-refractivity contribution in [3.8, 4) is 0 Å². The van der Waals surface area contributed by atoms with Crippen molar-refractivity contribution in [3.63, 3.8) is 0 Å². The summed E-state index contributed by atoms with van der Waals surface area (Å²) in [5.74, 6) is -2.77. The number of nitrogens with zero attached hydrogens (tertiary/aromatic N) is 1. The first kappa shape index (κ1) is 34.8. The molecule has 0 fully saturated rings. The Hall–Kier alpha value is -4.43. The number of nitrogens with two attached hydrogens (primary N) is 2. The second kappa shape index (κ2) is 16.3. The zero-order valence-electron chi connectivity index (χ0n) is 23.6. The third-order valence-electron chi connectivity index (χ3n) is 7.12. The molecule has 0 bridgehead atoms. The fraction of sp³-hybridized carbons (Fsp3) is 0.483. The molecule has 14 heteroatoms. The van der Waals surface area contributed by atoms with Crippen LogP contribution in [-0.2, 0) is 25.6 Å². The molecule has 43 heavy (non-hydrogen) atoms. The van der Waals surface area contributed by atoms with Gasteiger partial charge in [-0.1, -0.05) is 37.3 Å². The van der Waals surface area contributed by atoms with Gasteiger partial charge in [-0.15, -0.1) is 0 Å². The van der Waals surface area contributed by atoms with Crippen molar-refractivity contribution < 1.29 is 29.4 Å². The topological polar surface area (TPSA) is 240 Å². The zero-order valence-corrected chi connectivity index (χ0v) is 23.6. The monoisotopic (exact) mass is 600 g/mol. The second-order valence-corrected chi connectivity index (χ2v) is 10.4. The van der Waals surface area contributed by atoms with Crippen LogP contribution in [0.1, 0.15) is 45.6 Å². The molecule has 2 heterocycles. The van der Waals surface area contributed by atoms with Crippen LogP contribution < -0.4 is 27.4 Å². The molecule has 11 N–H and O–H groups in total. The first-order chi connectivity index (χ1) is 20.0. The molecule has 2 aromatic rings. The van der Waals surface area contributed by atoms with Gasteiger partial charge in [0.1, 0.15) is 18.1 Å². The summed E-state index contributed by atoms with van der Waals surface area (Å²) in [7, 11) is 0. The van der Waals surface area contributed by atoms with E-state index < -0.39 is 47.9 Å². The average molecular weight is 601 g/mol. The minimum Gasteiger partial charge on any atom is -0.480 e. The number of rotatable bonds is 15. The normalized spacial score (nSPS) is 15.4. The lowest BCUT2D eigenvalue weighted by Crippen LogP contribution is -2.54. The number of benzene rings is 1. The van der Waals surface area contributed by atoms with E-state index in [1.165, 1.54) is 6.92 Å². The standard InChI is InChI=1S/C28H40N8O6.CH4/c1-16(37)24(29)26(40)35-21(12-17-9-11-36(15-17)28(30)31)25(39)32-10-5-4-8-23(38)34-22(27(41)42)13-18-14-33-20-7-3-2-6-19(18)20;/h2-3,6-7,9,14,16,21-22,24,33,37H,4-5,8,10-13,15,29H2,1H3,(H3,30,31)(H,32,39)(H,34,38)(H,35,40)(H,41,42);1H4. The van der Waals surface area contributed by atoms with Gasteiger partial charge in [0.05, 0.1) is 6.10 Å². The van der Waals surface area contributed by atoms with Gasteiger partial charge in [-0.2, -0.15) is 0 Å². The van der Waals surface area contributed by atoms with E-state index in [2.05, 4.69) is 20.9 Å². The highest BCUT2D eigenvalue weighted by atomic mass is 16.4. The third kappa shape index (κ3) is 10.1.